The number of H-pyrrole nitrogens is 1. The standard InChI is InChI=1S/C26H20FN3OS/c27-22-14-8-7-13-20(22)17-32-26-29-23-21(19-11-5-2-6-12-19)15-28-24(23)25(31)30(26)16-18-9-3-1-4-10-18/h1-15,28H,16-17H2. The fourth-order valence-corrected chi connectivity index (χ4v) is 4.66. The molecule has 0 aliphatic carbocycles. The second kappa shape index (κ2) is 8.85. The molecule has 0 aliphatic heterocycles. The second-order valence-corrected chi connectivity index (χ2v) is 8.39. The lowest BCUT2D eigenvalue weighted by Crippen LogP contribution is -2.24. The van der Waals surface area contributed by atoms with Crippen molar-refractivity contribution >= 4 is 22.8 Å². The Bertz CT molecular complexity index is 1430. The number of hydrogen-bond acceptors (Lipinski definition) is 3. The van der Waals surface area contributed by atoms with Crippen LogP contribution in [0.3, 0.4) is 0 Å². The molecule has 0 amide bonds. The summed E-state index contributed by atoms with van der Waals surface area (Å²) >= 11 is 1.37. The van der Waals surface area contributed by atoms with Gasteiger partial charge in [0.15, 0.2) is 5.16 Å². The van der Waals surface area contributed by atoms with Gasteiger partial charge in [0.25, 0.3) is 5.56 Å². The Labute approximate surface area is 188 Å². The van der Waals surface area contributed by atoms with Crippen LogP contribution in [0.15, 0.2) is 101 Å². The summed E-state index contributed by atoms with van der Waals surface area (Å²) in [6, 6.07) is 26.3. The van der Waals surface area contributed by atoms with Gasteiger partial charge in [0.05, 0.1) is 6.54 Å². The number of benzene rings is 3. The van der Waals surface area contributed by atoms with Crippen molar-refractivity contribution in [3.63, 3.8) is 0 Å². The van der Waals surface area contributed by atoms with Crippen LogP contribution in [0.2, 0.25) is 0 Å². The van der Waals surface area contributed by atoms with Crippen LogP contribution in [0, 0.1) is 5.82 Å². The molecule has 5 aromatic rings. The monoisotopic (exact) mass is 441 g/mol. The van der Waals surface area contributed by atoms with Crippen molar-refractivity contribution in [3.8, 4) is 11.1 Å². The predicted molar refractivity (Wildman–Crippen MR) is 127 cm³/mol. The first-order chi connectivity index (χ1) is 15.7. The zero-order valence-electron chi connectivity index (χ0n) is 17.2. The highest BCUT2D eigenvalue weighted by atomic mass is 32.2. The highest BCUT2D eigenvalue weighted by Gasteiger charge is 2.17. The minimum Gasteiger partial charge on any atom is -0.355 e. The Hall–Kier alpha value is -3.64. The molecule has 2 aromatic heterocycles. The number of hydrogen-bond donors (Lipinski definition) is 1. The first-order valence-corrected chi connectivity index (χ1v) is 11.3. The maximum Gasteiger partial charge on any atom is 0.278 e. The summed E-state index contributed by atoms with van der Waals surface area (Å²) in [4.78, 5) is 21.5. The van der Waals surface area contributed by atoms with Crippen LogP contribution in [0.25, 0.3) is 22.2 Å². The summed E-state index contributed by atoms with van der Waals surface area (Å²) in [5.41, 5.74) is 4.39. The van der Waals surface area contributed by atoms with E-state index in [-0.39, 0.29) is 11.4 Å². The summed E-state index contributed by atoms with van der Waals surface area (Å²) in [5.74, 6) is 0.120. The lowest BCUT2D eigenvalue weighted by Gasteiger charge is -2.13. The van der Waals surface area contributed by atoms with E-state index < -0.39 is 0 Å². The van der Waals surface area contributed by atoms with Crippen molar-refractivity contribution in [2.75, 3.05) is 0 Å². The van der Waals surface area contributed by atoms with Gasteiger partial charge in [-0.15, -0.1) is 0 Å². The highest BCUT2D eigenvalue weighted by Crippen LogP contribution is 2.29. The quantitative estimate of drug-likeness (QED) is 0.265. The van der Waals surface area contributed by atoms with E-state index in [2.05, 4.69) is 4.98 Å². The Morgan fingerprint density at radius 3 is 2.34 bits per heavy atom. The number of fused-ring (bicyclic) bond motifs is 1. The van der Waals surface area contributed by atoms with Crippen molar-refractivity contribution in [2.45, 2.75) is 17.5 Å². The molecule has 0 fully saturated rings. The predicted octanol–water partition coefficient (Wildman–Crippen LogP) is 5.87. The van der Waals surface area contributed by atoms with Crippen LogP contribution in [-0.2, 0) is 12.3 Å². The minimum atomic E-state index is -0.260. The minimum absolute atomic E-state index is 0.142. The molecule has 0 unspecified atom stereocenters. The molecule has 0 atom stereocenters. The first kappa shape index (κ1) is 20.3. The van der Waals surface area contributed by atoms with Crippen molar-refractivity contribution in [3.05, 3.63) is 118 Å². The van der Waals surface area contributed by atoms with Gasteiger partial charge < -0.3 is 4.98 Å². The highest BCUT2D eigenvalue weighted by molar-refractivity contribution is 7.98. The zero-order chi connectivity index (χ0) is 21.9. The van der Waals surface area contributed by atoms with E-state index in [1.165, 1.54) is 17.8 Å². The number of halogens is 1. The molecule has 0 aliphatic rings. The van der Waals surface area contributed by atoms with Gasteiger partial charge in [0.1, 0.15) is 16.9 Å². The van der Waals surface area contributed by atoms with E-state index in [9.17, 15) is 9.18 Å². The topological polar surface area (TPSA) is 50.7 Å². The molecule has 0 bridgehead atoms. The Morgan fingerprint density at radius 1 is 0.906 bits per heavy atom. The van der Waals surface area contributed by atoms with E-state index >= 15 is 0 Å². The van der Waals surface area contributed by atoms with E-state index in [4.69, 9.17) is 4.98 Å². The molecule has 158 valence electrons. The summed E-state index contributed by atoms with van der Waals surface area (Å²) in [5, 5.41) is 0.561. The van der Waals surface area contributed by atoms with Gasteiger partial charge in [0, 0.05) is 17.5 Å². The van der Waals surface area contributed by atoms with E-state index in [0.29, 0.717) is 34.1 Å². The molecule has 2 heterocycles. The third-order valence-corrected chi connectivity index (χ3v) is 6.36. The molecule has 0 spiro atoms. The van der Waals surface area contributed by atoms with Crippen molar-refractivity contribution in [2.24, 2.45) is 0 Å². The summed E-state index contributed by atoms with van der Waals surface area (Å²) in [7, 11) is 0. The lowest BCUT2D eigenvalue weighted by molar-refractivity contribution is 0.616. The molecule has 0 saturated heterocycles. The average Bonchev–Trinajstić information content (AvgIpc) is 3.26. The van der Waals surface area contributed by atoms with Crippen molar-refractivity contribution in [1.29, 1.82) is 0 Å². The van der Waals surface area contributed by atoms with Crippen LogP contribution in [-0.4, -0.2) is 14.5 Å². The molecule has 0 saturated carbocycles. The number of rotatable bonds is 6. The van der Waals surface area contributed by atoms with E-state index in [1.807, 2.05) is 72.9 Å². The molecule has 6 heteroatoms. The van der Waals surface area contributed by atoms with Gasteiger partial charge in [-0.1, -0.05) is 90.6 Å². The molecule has 32 heavy (non-hydrogen) atoms. The van der Waals surface area contributed by atoms with Crippen LogP contribution >= 0.6 is 11.8 Å². The van der Waals surface area contributed by atoms with Gasteiger partial charge >= 0.3 is 0 Å². The number of nitrogens with zero attached hydrogens (tertiary/aromatic N) is 2. The Morgan fingerprint density at radius 2 is 1.59 bits per heavy atom. The van der Waals surface area contributed by atoms with E-state index in [1.54, 1.807) is 16.7 Å². The Balaban J connectivity index is 1.62. The summed E-state index contributed by atoms with van der Waals surface area (Å²) < 4.78 is 15.9. The van der Waals surface area contributed by atoms with Gasteiger partial charge in [0.2, 0.25) is 0 Å². The van der Waals surface area contributed by atoms with Crippen LogP contribution in [0.4, 0.5) is 4.39 Å². The molecule has 5 rings (SSSR count). The zero-order valence-corrected chi connectivity index (χ0v) is 18.0. The normalized spacial score (nSPS) is 11.2. The maximum atomic E-state index is 14.2. The summed E-state index contributed by atoms with van der Waals surface area (Å²) in [6.07, 6.45) is 1.83. The maximum absolute atomic E-state index is 14.2. The smallest absolute Gasteiger partial charge is 0.278 e. The van der Waals surface area contributed by atoms with Crippen molar-refractivity contribution in [1.82, 2.24) is 14.5 Å². The van der Waals surface area contributed by atoms with Crippen LogP contribution in [0.5, 0.6) is 0 Å². The first-order valence-electron chi connectivity index (χ1n) is 10.3. The van der Waals surface area contributed by atoms with Crippen molar-refractivity contribution < 1.29 is 4.39 Å². The fraction of sp³-hybridized carbons (Fsp3) is 0.0769. The van der Waals surface area contributed by atoms with Crippen LogP contribution in [0.1, 0.15) is 11.1 Å². The second-order valence-electron chi connectivity index (χ2n) is 7.44. The molecule has 0 radical (unpaired) electrons. The number of nitrogens with one attached hydrogen (secondary N) is 1. The SMILES string of the molecule is O=c1c2[nH]cc(-c3ccccc3)c2nc(SCc2ccccc2F)n1Cc1ccccc1. The number of thioether (sulfide) groups is 1. The van der Waals surface area contributed by atoms with Gasteiger partial charge in [-0.25, -0.2) is 9.37 Å². The molecule has 4 nitrogen and oxygen atoms in total. The van der Waals surface area contributed by atoms with Gasteiger partial charge in [-0.05, 0) is 22.8 Å². The molecule has 1 N–H and O–H groups in total. The average molecular weight is 442 g/mol. The lowest BCUT2D eigenvalue weighted by atomic mass is 10.1. The molecular weight excluding hydrogens is 421 g/mol. The third-order valence-electron chi connectivity index (χ3n) is 5.33. The molecular formula is C26H20FN3OS. The number of aromatic nitrogens is 3. The van der Waals surface area contributed by atoms with Crippen LogP contribution < -0.4 is 5.56 Å². The van der Waals surface area contributed by atoms with Gasteiger partial charge in [-0.2, -0.15) is 0 Å². The third kappa shape index (κ3) is 3.97. The Kier molecular flexibility index (Phi) is 5.60. The van der Waals surface area contributed by atoms with E-state index in [0.717, 1.165) is 16.7 Å². The molecule has 3 aromatic carbocycles. The number of aromatic amines is 1. The largest absolute Gasteiger partial charge is 0.355 e. The summed E-state index contributed by atoms with van der Waals surface area (Å²) in [6.45, 7) is 0.391. The fourth-order valence-electron chi connectivity index (χ4n) is 3.68. The van der Waals surface area contributed by atoms with Gasteiger partial charge in [-0.3, -0.25) is 9.36 Å².